The number of likely N-dealkylation sites (tertiary alicyclic amines) is 1. The lowest BCUT2D eigenvalue weighted by atomic mass is 9.97. The van der Waals surface area contributed by atoms with Crippen LogP contribution in [-0.2, 0) is 22.5 Å². The van der Waals surface area contributed by atoms with Gasteiger partial charge in [0.1, 0.15) is 0 Å². The van der Waals surface area contributed by atoms with Gasteiger partial charge in [0.2, 0.25) is 0 Å². The van der Waals surface area contributed by atoms with Crippen molar-refractivity contribution in [2.45, 2.75) is 39.7 Å². The summed E-state index contributed by atoms with van der Waals surface area (Å²) in [5.74, 6) is 0.0251. The highest BCUT2D eigenvalue weighted by atomic mass is 16.5. The molecular formula is C17H25NO2. The normalized spacial score (nSPS) is 19.8. The van der Waals surface area contributed by atoms with Crippen LogP contribution in [0.2, 0.25) is 0 Å². The van der Waals surface area contributed by atoms with Gasteiger partial charge in [0.05, 0.1) is 12.5 Å². The topological polar surface area (TPSA) is 29.5 Å². The minimum atomic E-state index is -0.0291. The first-order valence-electron chi connectivity index (χ1n) is 7.69. The molecule has 1 fully saturated rings. The van der Waals surface area contributed by atoms with Gasteiger partial charge in [-0.15, -0.1) is 0 Å². The van der Waals surface area contributed by atoms with E-state index >= 15 is 0 Å². The maximum Gasteiger partial charge on any atom is 0.310 e. The molecule has 0 aliphatic carbocycles. The Hall–Kier alpha value is -1.35. The fraction of sp³-hybridized carbons (Fsp3) is 0.588. The van der Waals surface area contributed by atoms with Gasteiger partial charge in [-0.2, -0.15) is 0 Å². The van der Waals surface area contributed by atoms with Crippen molar-refractivity contribution in [1.29, 1.82) is 0 Å². The average Bonchev–Trinajstić information content (AvgIpc) is 2.48. The molecule has 1 aliphatic heterocycles. The summed E-state index contributed by atoms with van der Waals surface area (Å²) in [4.78, 5) is 14.2. The predicted octanol–water partition coefficient (Wildman–Crippen LogP) is 3.02. The summed E-state index contributed by atoms with van der Waals surface area (Å²) >= 11 is 0. The molecule has 3 heteroatoms. The predicted molar refractivity (Wildman–Crippen MR) is 80.5 cm³/mol. The Labute approximate surface area is 121 Å². The van der Waals surface area contributed by atoms with Crippen molar-refractivity contribution >= 4 is 5.97 Å². The molecule has 20 heavy (non-hydrogen) atoms. The summed E-state index contributed by atoms with van der Waals surface area (Å²) in [6, 6.07) is 8.80. The SMILES string of the molecule is CCOC(=O)C1CCCN(Cc2ccc(CC)cc2)C1. The summed E-state index contributed by atoms with van der Waals surface area (Å²) in [5.41, 5.74) is 2.70. The van der Waals surface area contributed by atoms with Gasteiger partial charge in [0.25, 0.3) is 0 Å². The third kappa shape index (κ3) is 4.07. The fourth-order valence-corrected chi connectivity index (χ4v) is 2.79. The minimum Gasteiger partial charge on any atom is -0.466 e. The molecule has 0 aromatic heterocycles. The maximum absolute atomic E-state index is 11.8. The van der Waals surface area contributed by atoms with Crippen molar-refractivity contribution in [1.82, 2.24) is 4.90 Å². The number of esters is 1. The Bertz CT molecular complexity index is 427. The maximum atomic E-state index is 11.8. The first kappa shape index (κ1) is 15.0. The average molecular weight is 275 g/mol. The van der Waals surface area contributed by atoms with E-state index < -0.39 is 0 Å². The van der Waals surface area contributed by atoms with Crippen LogP contribution in [0.5, 0.6) is 0 Å². The van der Waals surface area contributed by atoms with Crippen molar-refractivity contribution in [2.75, 3.05) is 19.7 Å². The van der Waals surface area contributed by atoms with E-state index in [1.54, 1.807) is 0 Å². The van der Waals surface area contributed by atoms with Crippen LogP contribution in [-0.4, -0.2) is 30.6 Å². The molecule has 0 bridgehead atoms. The van der Waals surface area contributed by atoms with Crippen LogP contribution in [0.1, 0.15) is 37.8 Å². The second kappa shape index (κ2) is 7.44. The molecule has 1 saturated heterocycles. The van der Waals surface area contributed by atoms with Crippen molar-refractivity contribution in [3.8, 4) is 0 Å². The highest BCUT2D eigenvalue weighted by Gasteiger charge is 2.26. The number of nitrogens with zero attached hydrogens (tertiary/aromatic N) is 1. The van der Waals surface area contributed by atoms with E-state index in [0.717, 1.165) is 38.9 Å². The monoisotopic (exact) mass is 275 g/mol. The van der Waals surface area contributed by atoms with E-state index in [-0.39, 0.29) is 11.9 Å². The van der Waals surface area contributed by atoms with Gasteiger partial charge in [-0.25, -0.2) is 0 Å². The van der Waals surface area contributed by atoms with Crippen LogP contribution in [0, 0.1) is 5.92 Å². The van der Waals surface area contributed by atoms with E-state index in [2.05, 4.69) is 36.1 Å². The second-order valence-corrected chi connectivity index (χ2v) is 5.50. The first-order valence-corrected chi connectivity index (χ1v) is 7.69. The van der Waals surface area contributed by atoms with Gasteiger partial charge < -0.3 is 4.74 Å². The van der Waals surface area contributed by atoms with E-state index in [1.165, 1.54) is 11.1 Å². The van der Waals surface area contributed by atoms with Crippen LogP contribution in [0.3, 0.4) is 0 Å². The molecule has 2 rings (SSSR count). The standard InChI is InChI=1S/C17H25NO2/c1-3-14-7-9-15(10-8-14)12-18-11-5-6-16(13-18)17(19)20-4-2/h7-10,16H,3-6,11-13H2,1-2H3. The van der Waals surface area contributed by atoms with Crippen LogP contribution in [0.25, 0.3) is 0 Å². The number of carbonyl (C=O) groups excluding carboxylic acids is 1. The third-order valence-electron chi connectivity index (χ3n) is 3.96. The third-order valence-corrected chi connectivity index (χ3v) is 3.96. The zero-order chi connectivity index (χ0) is 14.4. The zero-order valence-electron chi connectivity index (χ0n) is 12.6. The van der Waals surface area contributed by atoms with E-state index in [4.69, 9.17) is 4.74 Å². The largest absolute Gasteiger partial charge is 0.466 e. The molecule has 0 spiro atoms. The lowest BCUT2D eigenvalue weighted by Crippen LogP contribution is -2.38. The molecule has 1 aromatic carbocycles. The number of benzene rings is 1. The van der Waals surface area contributed by atoms with Crippen LogP contribution >= 0.6 is 0 Å². The van der Waals surface area contributed by atoms with Gasteiger partial charge in [0.15, 0.2) is 0 Å². The number of hydrogen-bond donors (Lipinski definition) is 0. The second-order valence-electron chi connectivity index (χ2n) is 5.50. The van der Waals surface area contributed by atoms with Crippen LogP contribution in [0.4, 0.5) is 0 Å². The van der Waals surface area contributed by atoms with Crippen LogP contribution < -0.4 is 0 Å². The molecule has 110 valence electrons. The van der Waals surface area contributed by atoms with Gasteiger partial charge >= 0.3 is 5.97 Å². The molecule has 1 atom stereocenters. The Kier molecular flexibility index (Phi) is 5.60. The zero-order valence-corrected chi connectivity index (χ0v) is 12.6. The first-order chi connectivity index (χ1) is 9.72. The number of rotatable bonds is 5. The highest BCUT2D eigenvalue weighted by Crippen LogP contribution is 2.20. The number of piperidine rings is 1. The van der Waals surface area contributed by atoms with Gasteiger partial charge in [-0.05, 0) is 43.9 Å². The highest BCUT2D eigenvalue weighted by molar-refractivity contribution is 5.72. The number of ether oxygens (including phenoxy) is 1. The van der Waals surface area contributed by atoms with Crippen molar-refractivity contribution < 1.29 is 9.53 Å². The van der Waals surface area contributed by atoms with Gasteiger partial charge in [-0.3, -0.25) is 9.69 Å². The molecule has 0 amide bonds. The van der Waals surface area contributed by atoms with E-state index in [0.29, 0.717) is 6.61 Å². The van der Waals surface area contributed by atoms with Gasteiger partial charge in [-0.1, -0.05) is 31.2 Å². The van der Waals surface area contributed by atoms with Crippen molar-refractivity contribution in [3.05, 3.63) is 35.4 Å². The molecule has 1 aliphatic rings. The molecule has 1 aromatic rings. The lowest BCUT2D eigenvalue weighted by molar-refractivity contribution is -0.150. The Balaban J connectivity index is 1.90. The Morgan fingerprint density at radius 1 is 1.25 bits per heavy atom. The van der Waals surface area contributed by atoms with Crippen LogP contribution in [0.15, 0.2) is 24.3 Å². The molecule has 1 heterocycles. The fourth-order valence-electron chi connectivity index (χ4n) is 2.79. The lowest BCUT2D eigenvalue weighted by Gasteiger charge is -2.31. The van der Waals surface area contributed by atoms with Crippen molar-refractivity contribution in [2.24, 2.45) is 5.92 Å². The molecule has 0 N–H and O–H groups in total. The summed E-state index contributed by atoms with van der Waals surface area (Å²) in [6.07, 6.45) is 3.12. The molecule has 3 nitrogen and oxygen atoms in total. The summed E-state index contributed by atoms with van der Waals surface area (Å²) in [7, 11) is 0. The Morgan fingerprint density at radius 2 is 1.95 bits per heavy atom. The minimum absolute atomic E-state index is 0.0291. The smallest absolute Gasteiger partial charge is 0.310 e. The van der Waals surface area contributed by atoms with E-state index in [9.17, 15) is 4.79 Å². The number of aryl methyl sites for hydroxylation is 1. The summed E-state index contributed by atoms with van der Waals surface area (Å²) < 4.78 is 5.14. The molecule has 1 unspecified atom stereocenters. The van der Waals surface area contributed by atoms with E-state index in [1.807, 2.05) is 6.92 Å². The van der Waals surface area contributed by atoms with Crippen molar-refractivity contribution in [3.63, 3.8) is 0 Å². The Morgan fingerprint density at radius 3 is 2.60 bits per heavy atom. The quantitative estimate of drug-likeness (QED) is 0.774. The van der Waals surface area contributed by atoms with Gasteiger partial charge in [0, 0.05) is 13.1 Å². The summed E-state index contributed by atoms with van der Waals surface area (Å²) in [5, 5.41) is 0. The summed E-state index contributed by atoms with van der Waals surface area (Å²) in [6.45, 7) is 7.35. The molecular weight excluding hydrogens is 250 g/mol. The molecule has 0 radical (unpaired) electrons. The number of hydrogen-bond acceptors (Lipinski definition) is 3. The number of carbonyl (C=O) groups is 1. The molecule has 0 saturated carbocycles.